The molecule has 1 heterocycles. The Morgan fingerprint density at radius 2 is 2.20 bits per heavy atom. The molecule has 1 amide bonds. The van der Waals surface area contributed by atoms with Gasteiger partial charge in [-0.1, -0.05) is 26.2 Å². The smallest absolute Gasteiger partial charge is 0.265 e. The van der Waals surface area contributed by atoms with Crippen LogP contribution in [0.4, 0.5) is 11.4 Å². The molecule has 0 aromatic heterocycles. The van der Waals surface area contributed by atoms with Crippen LogP contribution in [0.5, 0.6) is 5.75 Å². The van der Waals surface area contributed by atoms with Gasteiger partial charge in [0.1, 0.15) is 5.75 Å². The summed E-state index contributed by atoms with van der Waals surface area (Å²) in [4.78, 5) is 11.6. The Kier molecular flexibility index (Phi) is 4.88. The van der Waals surface area contributed by atoms with Crippen molar-refractivity contribution in [1.29, 1.82) is 0 Å². The minimum Gasteiger partial charge on any atom is -0.479 e. The summed E-state index contributed by atoms with van der Waals surface area (Å²) < 4.78 is 5.54. The van der Waals surface area contributed by atoms with Gasteiger partial charge in [0, 0.05) is 11.7 Å². The molecule has 0 fully saturated rings. The summed E-state index contributed by atoms with van der Waals surface area (Å²) in [6.07, 6.45) is 4.50. The molecule has 1 aliphatic heterocycles. The molecule has 0 spiro atoms. The zero-order valence-corrected chi connectivity index (χ0v) is 12.5. The van der Waals surface area contributed by atoms with Crippen molar-refractivity contribution in [2.24, 2.45) is 0 Å². The highest BCUT2D eigenvalue weighted by atomic mass is 16.5. The third-order valence-electron chi connectivity index (χ3n) is 3.56. The van der Waals surface area contributed by atoms with E-state index in [9.17, 15) is 4.79 Å². The van der Waals surface area contributed by atoms with Crippen LogP contribution in [-0.2, 0) is 4.79 Å². The number of carbonyl (C=O) groups excluding carboxylic acids is 1. The van der Waals surface area contributed by atoms with Crippen molar-refractivity contribution in [3.05, 3.63) is 18.2 Å². The lowest BCUT2D eigenvalue weighted by Crippen LogP contribution is -2.34. The summed E-state index contributed by atoms with van der Waals surface area (Å²) >= 11 is 0. The van der Waals surface area contributed by atoms with E-state index in [1.807, 2.05) is 18.2 Å². The van der Waals surface area contributed by atoms with Crippen LogP contribution in [0.25, 0.3) is 0 Å². The van der Waals surface area contributed by atoms with Crippen LogP contribution in [0.1, 0.15) is 46.5 Å². The van der Waals surface area contributed by atoms with Crippen LogP contribution in [0, 0.1) is 0 Å². The number of carbonyl (C=O) groups is 1. The van der Waals surface area contributed by atoms with Crippen molar-refractivity contribution in [3.8, 4) is 5.75 Å². The van der Waals surface area contributed by atoms with Crippen LogP contribution in [0.3, 0.4) is 0 Å². The van der Waals surface area contributed by atoms with Crippen molar-refractivity contribution < 1.29 is 9.53 Å². The number of benzene rings is 1. The molecule has 4 heteroatoms. The average Bonchev–Trinajstić information content (AvgIpc) is 2.41. The second kappa shape index (κ2) is 6.64. The quantitative estimate of drug-likeness (QED) is 0.777. The second-order valence-electron chi connectivity index (χ2n) is 5.50. The summed E-state index contributed by atoms with van der Waals surface area (Å²) in [6.45, 7) is 6.15. The molecule has 2 unspecified atom stereocenters. The van der Waals surface area contributed by atoms with Crippen molar-refractivity contribution in [1.82, 2.24) is 0 Å². The van der Waals surface area contributed by atoms with Gasteiger partial charge < -0.3 is 15.4 Å². The van der Waals surface area contributed by atoms with Gasteiger partial charge in [-0.05, 0) is 38.5 Å². The summed E-state index contributed by atoms with van der Waals surface area (Å²) in [7, 11) is 0. The summed E-state index contributed by atoms with van der Waals surface area (Å²) in [5, 5.41) is 6.34. The molecule has 0 saturated carbocycles. The maximum absolute atomic E-state index is 11.6. The Hall–Kier alpha value is -1.71. The van der Waals surface area contributed by atoms with Gasteiger partial charge in [0.15, 0.2) is 6.10 Å². The predicted octanol–water partition coefficient (Wildman–Crippen LogP) is 3.79. The van der Waals surface area contributed by atoms with Crippen LogP contribution in [0.2, 0.25) is 0 Å². The number of rotatable bonds is 6. The van der Waals surface area contributed by atoms with Crippen LogP contribution in [0.15, 0.2) is 18.2 Å². The fraction of sp³-hybridized carbons (Fsp3) is 0.562. The fourth-order valence-electron chi connectivity index (χ4n) is 2.36. The van der Waals surface area contributed by atoms with E-state index in [1.54, 1.807) is 6.92 Å². The van der Waals surface area contributed by atoms with Gasteiger partial charge in [-0.2, -0.15) is 0 Å². The third kappa shape index (κ3) is 3.65. The van der Waals surface area contributed by atoms with Crippen molar-refractivity contribution in [2.75, 3.05) is 10.6 Å². The van der Waals surface area contributed by atoms with Gasteiger partial charge >= 0.3 is 0 Å². The van der Waals surface area contributed by atoms with E-state index in [0.29, 0.717) is 6.04 Å². The summed E-state index contributed by atoms with van der Waals surface area (Å²) in [5.74, 6) is 0.645. The largest absolute Gasteiger partial charge is 0.479 e. The first-order chi connectivity index (χ1) is 9.60. The number of fused-ring (bicyclic) bond motifs is 1. The molecule has 20 heavy (non-hydrogen) atoms. The number of ether oxygens (including phenoxy) is 1. The maximum atomic E-state index is 11.6. The van der Waals surface area contributed by atoms with Gasteiger partial charge in [-0.15, -0.1) is 0 Å². The predicted molar refractivity (Wildman–Crippen MR) is 82.4 cm³/mol. The van der Waals surface area contributed by atoms with Crippen LogP contribution < -0.4 is 15.4 Å². The molecule has 2 N–H and O–H groups in total. The van der Waals surface area contributed by atoms with E-state index in [1.165, 1.54) is 19.3 Å². The fourth-order valence-corrected chi connectivity index (χ4v) is 2.36. The standard InChI is InChI=1S/C16H24N2O2/c1-4-5-6-7-11(2)17-13-8-9-15-14(10-13)18-16(19)12(3)20-15/h8-12,17H,4-7H2,1-3H3,(H,18,19). The maximum Gasteiger partial charge on any atom is 0.265 e. The molecule has 2 rings (SSSR count). The second-order valence-corrected chi connectivity index (χ2v) is 5.50. The van der Waals surface area contributed by atoms with Gasteiger partial charge in [-0.25, -0.2) is 0 Å². The molecule has 1 aromatic carbocycles. The van der Waals surface area contributed by atoms with E-state index in [2.05, 4.69) is 24.5 Å². The van der Waals surface area contributed by atoms with Gasteiger partial charge in [0.2, 0.25) is 0 Å². The third-order valence-corrected chi connectivity index (χ3v) is 3.56. The molecule has 1 aliphatic rings. The van der Waals surface area contributed by atoms with E-state index in [-0.39, 0.29) is 5.91 Å². The van der Waals surface area contributed by atoms with Crippen molar-refractivity contribution in [3.63, 3.8) is 0 Å². The number of hydrogen-bond acceptors (Lipinski definition) is 3. The van der Waals surface area contributed by atoms with E-state index in [4.69, 9.17) is 4.74 Å². The highest BCUT2D eigenvalue weighted by Gasteiger charge is 2.23. The Bertz CT molecular complexity index is 474. The first-order valence-corrected chi connectivity index (χ1v) is 7.48. The van der Waals surface area contributed by atoms with E-state index in [0.717, 1.165) is 23.5 Å². The lowest BCUT2D eigenvalue weighted by molar-refractivity contribution is -0.122. The topological polar surface area (TPSA) is 50.4 Å². The number of nitrogens with one attached hydrogen (secondary N) is 2. The molecule has 2 atom stereocenters. The zero-order valence-electron chi connectivity index (χ0n) is 12.5. The van der Waals surface area contributed by atoms with Crippen LogP contribution >= 0.6 is 0 Å². The number of unbranched alkanes of at least 4 members (excludes halogenated alkanes) is 2. The molecular weight excluding hydrogens is 252 g/mol. The monoisotopic (exact) mass is 276 g/mol. The molecule has 110 valence electrons. The van der Waals surface area contributed by atoms with Gasteiger partial charge in [-0.3, -0.25) is 4.79 Å². The van der Waals surface area contributed by atoms with Gasteiger partial charge in [0.05, 0.1) is 5.69 Å². The first kappa shape index (κ1) is 14.7. The van der Waals surface area contributed by atoms with E-state index >= 15 is 0 Å². The van der Waals surface area contributed by atoms with Gasteiger partial charge in [0.25, 0.3) is 5.91 Å². The number of hydrogen-bond donors (Lipinski definition) is 2. The minimum atomic E-state index is -0.422. The number of anilines is 2. The lowest BCUT2D eigenvalue weighted by Gasteiger charge is -2.24. The molecular formula is C16H24N2O2. The Morgan fingerprint density at radius 3 is 2.95 bits per heavy atom. The molecule has 0 saturated heterocycles. The van der Waals surface area contributed by atoms with Crippen molar-refractivity contribution >= 4 is 17.3 Å². The molecule has 1 aromatic rings. The van der Waals surface area contributed by atoms with Crippen molar-refractivity contribution in [2.45, 2.75) is 58.6 Å². The van der Waals surface area contributed by atoms with E-state index < -0.39 is 6.10 Å². The highest BCUT2D eigenvalue weighted by Crippen LogP contribution is 2.32. The summed E-state index contributed by atoms with van der Waals surface area (Å²) in [5.41, 5.74) is 1.77. The Morgan fingerprint density at radius 1 is 1.40 bits per heavy atom. The SMILES string of the molecule is CCCCCC(C)Nc1ccc2c(c1)NC(=O)C(C)O2. The summed E-state index contributed by atoms with van der Waals surface area (Å²) in [6, 6.07) is 6.28. The normalized spacial score (nSPS) is 18.8. The molecule has 0 aliphatic carbocycles. The minimum absolute atomic E-state index is 0.0920. The zero-order chi connectivity index (χ0) is 14.5. The average molecular weight is 276 g/mol. The lowest BCUT2D eigenvalue weighted by atomic mass is 10.1. The van der Waals surface area contributed by atoms with Crippen LogP contribution in [-0.4, -0.2) is 18.1 Å². The number of amides is 1. The Labute approximate surface area is 120 Å². The molecule has 0 radical (unpaired) electrons. The molecule has 4 nitrogen and oxygen atoms in total. The first-order valence-electron chi connectivity index (χ1n) is 7.48. The highest BCUT2D eigenvalue weighted by molar-refractivity contribution is 5.98. The molecule has 0 bridgehead atoms. The Balaban J connectivity index is 1.97.